The molecule has 0 aromatic heterocycles. The van der Waals surface area contributed by atoms with Crippen LogP contribution in [0.15, 0.2) is 30.3 Å². The van der Waals surface area contributed by atoms with Gasteiger partial charge < -0.3 is 0 Å². The van der Waals surface area contributed by atoms with Gasteiger partial charge in [-0.3, -0.25) is 4.79 Å². The Balaban J connectivity index is 2.34. The van der Waals surface area contributed by atoms with Crippen molar-refractivity contribution in [1.29, 1.82) is 0 Å². The van der Waals surface area contributed by atoms with Gasteiger partial charge in [-0.05, 0) is 29.1 Å². The van der Waals surface area contributed by atoms with Gasteiger partial charge in [-0.1, -0.05) is 36.4 Å². The monoisotopic (exact) mass is 192 g/mol. The number of allylic oxidation sites excluding steroid dienone is 1. The number of carbonyl (C=O) groups is 1. The second-order valence-electron chi connectivity index (χ2n) is 3.17. The summed E-state index contributed by atoms with van der Waals surface area (Å²) in [5, 5.41) is -0.272. The molecule has 66 valence electrons. The van der Waals surface area contributed by atoms with E-state index in [-0.39, 0.29) is 11.2 Å². The van der Waals surface area contributed by atoms with Crippen molar-refractivity contribution in [3.05, 3.63) is 41.5 Å². The zero-order chi connectivity index (χ0) is 9.26. The highest BCUT2D eigenvalue weighted by Crippen LogP contribution is 2.23. The smallest absolute Gasteiger partial charge is 0.228 e. The zero-order valence-corrected chi connectivity index (χ0v) is 7.79. The summed E-state index contributed by atoms with van der Waals surface area (Å²) in [6, 6.07) is 8.05. The van der Waals surface area contributed by atoms with Crippen LogP contribution in [0.2, 0.25) is 0 Å². The summed E-state index contributed by atoms with van der Waals surface area (Å²) in [6.07, 6.45) is 4.57. The summed E-state index contributed by atoms with van der Waals surface area (Å²) in [5.74, 6) is -0.142. The van der Waals surface area contributed by atoms with Crippen LogP contribution in [0.3, 0.4) is 0 Å². The molecule has 13 heavy (non-hydrogen) atoms. The van der Waals surface area contributed by atoms with E-state index in [0.717, 1.165) is 6.42 Å². The Labute approximate surface area is 82.0 Å². The minimum Gasteiger partial charge on any atom is -0.281 e. The van der Waals surface area contributed by atoms with Gasteiger partial charge in [0.05, 0.1) is 5.92 Å². The molecule has 0 bridgehead atoms. The molecule has 0 heterocycles. The van der Waals surface area contributed by atoms with Gasteiger partial charge >= 0.3 is 0 Å². The molecule has 0 fully saturated rings. The van der Waals surface area contributed by atoms with Gasteiger partial charge in [0, 0.05) is 0 Å². The lowest BCUT2D eigenvalue weighted by atomic mass is 9.90. The lowest BCUT2D eigenvalue weighted by molar-refractivity contribution is -0.113. The lowest BCUT2D eigenvalue weighted by Crippen LogP contribution is -2.12. The highest BCUT2D eigenvalue weighted by atomic mass is 35.5. The highest BCUT2D eigenvalue weighted by molar-refractivity contribution is 6.64. The fourth-order valence-electron chi connectivity index (χ4n) is 1.56. The average molecular weight is 193 g/mol. The molecule has 0 amide bonds. The third kappa shape index (κ3) is 1.65. The Kier molecular flexibility index (Phi) is 2.19. The molecular weight excluding hydrogens is 184 g/mol. The predicted molar refractivity (Wildman–Crippen MR) is 53.5 cm³/mol. The first kappa shape index (κ1) is 8.52. The second-order valence-corrected chi connectivity index (χ2v) is 3.55. The summed E-state index contributed by atoms with van der Waals surface area (Å²) < 4.78 is 0. The van der Waals surface area contributed by atoms with Crippen molar-refractivity contribution in [3.63, 3.8) is 0 Å². The van der Waals surface area contributed by atoms with Crippen molar-refractivity contribution in [2.24, 2.45) is 5.92 Å². The molecule has 0 aliphatic heterocycles. The van der Waals surface area contributed by atoms with Crippen LogP contribution in [0.4, 0.5) is 0 Å². The van der Waals surface area contributed by atoms with Crippen molar-refractivity contribution in [3.8, 4) is 0 Å². The van der Waals surface area contributed by atoms with E-state index in [2.05, 4.69) is 0 Å². The minimum absolute atomic E-state index is 0.142. The number of rotatable bonds is 1. The van der Waals surface area contributed by atoms with Gasteiger partial charge in [0.2, 0.25) is 5.24 Å². The van der Waals surface area contributed by atoms with Crippen LogP contribution in [0.1, 0.15) is 11.1 Å². The van der Waals surface area contributed by atoms with E-state index in [1.54, 1.807) is 0 Å². The largest absolute Gasteiger partial charge is 0.281 e. The number of benzene rings is 1. The summed E-state index contributed by atoms with van der Waals surface area (Å²) in [7, 11) is 0. The topological polar surface area (TPSA) is 17.1 Å². The summed E-state index contributed by atoms with van der Waals surface area (Å²) in [4.78, 5) is 10.9. The van der Waals surface area contributed by atoms with Crippen molar-refractivity contribution in [1.82, 2.24) is 0 Å². The molecule has 2 rings (SSSR count). The van der Waals surface area contributed by atoms with E-state index in [9.17, 15) is 4.79 Å². The van der Waals surface area contributed by atoms with E-state index in [4.69, 9.17) is 11.6 Å². The molecular formula is C11H9ClO. The van der Waals surface area contributed by atoms with Crippen LogP contribution in [0, 0.1) is 5.92 Å². The number of halogens is 1. The molecule has 0 radical (unpaired) electrons. The van der Waals surface area contributed by atoms with Gasteiger partial charge in [-0.2, -0.15) is 0 Å². The van der Waals surface area contributed by atoms with Crippen molar-refractivity contribution in [2.75, 3.05) is 0 Å². The minimum atomic E-state index is -0.272. The molecule has 0 saturated heterocycles. The maximum Gasteiger partial charge on any atom is 0.228 e. The van der Waals surface area contributed by atoms with Crippen LogP contribution in [0.5, 0.6) is 0 Å². The molecule has 1 atom stereocenters. The average Bonchev–Trinajstić information content (AvgIpc) is 2.17. The van der Waals surface area contributed by atoms with E-state index >= 15 is 0 Å². The Hall–Kier alpha value is -1.08. The van der Waals surface area contributed by atoms with Crippen LogP contribution in [-0.4, -0.2) is 5.24 Å². The lowest BCUT2D eigenvalue weighted by Gasteiger charge is -2.15. The van der Waals surface area contributed by atoms with Crippen molar-refractivity contribution >= 4 is 22.9 Å². The Bertz CT molecular complexity index is 368. The van der Waals surface area contributed by atoms with Crippen LogP contribution in [0.25, 0.3) is 6.08 Å². The van der Waals surface area contributed by atoms with Crippen LogP contribution >= 0.6 is 11.6 Å². The van der Waals surface area contributed by atoms with Crippen molar-refractivity contribution in [2.45, 2.75) is 6.42 Å². The van der Waals surface area contributed by atoms with Gasteiger partial charge in [-0.25, -0.2) is 0 Å². The standard InChI is InChI=1S/C11H9ClO/c12-11(13)10-6-5-8-3-1-2-4-9(8)7-10/h1-6,10H,7H2/t10-/m1/s1. The fourth-order valence-corrected chi connectivity index (χ4v) is 1.71. The molecule has 1 aliphatic carbocycles. The zero-order valence-electron chi connectivity index (χ0n) is 7.03. The normalized spacial score (nSPS) is 19.6. The molecule has 0 unspecified atom stereocenters. The second kappa shape index (κ2) is 3.35. The molecule has 0 saturated carbocycles. The first-order chi connectivity index (χ1) is 6.27. The van der Waals surface area contributed by atoms with E-state index in [1.165, 1.54) is 11.1 Å². The number of hydrogen-bond donors (Lipinski definition) is 0. The molecule has 0 N–H and O–H groups in total. The predicted octanol–water partition coefficient (Wildman–Crippen LogP) is 2.64. The van der Waals surface area contributed by atoms with Gasteiger partial charge in [-0.15, -0.1) is 0 Å². The van der Waals surface area contributed by atoms with E-state index in [1.807, 2.05) is 36.4 Å². The first-order valence-electron chi connectivity index (χ1n) is 4.23. The molecule has 0 spiro atoms. The fraction of sp³-hybridized carbons (Fsp3) is 0.182. The summed E-state index contributed by atoms with van der Waals surface area (Å²) >= 11 is 5.43. The number of fused-ring (bicyclic) bond motifs is 1. The molecule has 2 heteroatoms. The quantitative estimate of drug-likeness (QED) is 0.626. The summed E-state index contributed by atoms with van der Waals surface area (Å²) in [6.45, 7) is 0. The molecule has 1 aromatic carbocycles. The Morgan fingerprint density at radius 3 is 2.92 bits per heavy atom. The Morgan fingerprint density at radius 2 is 2.15 bits per heavy atom. The Morgan fingerprint density at radius 1 is 1.38 bits per heavy atom. The number of carbonyl (C=O) groups excluding carboxylic acids is 1. The maximum absolute atomic E-state index is 10.9. The van der Waals surface area contributed by atoms with Crippen LogP contribution < -0.4 is 0 Å². The van der Waals surface area contributed by atoms with Crippen LogP contribution in [-0.2, 0) is 11.2 Å². The molecule has 1 nitrogen and oxygen atoms in total. The van der Waals surface area contributed by atoms with Crippen molar-refractivity contribution < 1.29 is 4.79 Å². The number of hydrogen-bond acceptors (Lipinski definition) is 1. The maximum atomic E-state index is 10.9. The molecule has 1 aliphatic rings. The van der Waals surface area contributed by atoms with E-state index in [0.29, 0.717) is 0 Å². The van der Waals surface area contributed by atoms with Gasteiger partial charge in [0.1, 0.15) is 0 Å². The highest BCUT2D eigenvalue weighted by Gasteiger charge is 2.17. The SMILES string of the molecule is O=C(Cl)[C@@H]1C=Cc2ccccc2C1. The third-order valence-corrected chi connectivity index (χ3v) is 2.57. The van der Waals surface area contributed by atoms with Gasteiger partial charge in [0.15, 0.2) is 0 Å². The molecule has 1 aromatic rings. The van der Waals surface area contributed by atoms with Gasteiger partial charge in [0.25, 0.3) is 0 Å². The van der Waals surface area contributed by atoms with E-state index < -0.39 is 0 Å². The summed E-state index contributed by atoms with van der Waals surface area (Å²) in [5.41, 5.74) is 2.39. The third-order valence-electron chi connectivity index (χ3n) is 2.29. The first-order valence-corrected chi connectivity index (χ1v) is 4.60.